The number of aromatic nitrogens is 2. The predicted molar refractivity (Wildman–Crippen MR) is 136 cm³/mol. The van der Waals surface area contributed by atoms with Crippen LogP contribution in [0.2, 0.25) is 0 Å². The molecule has 3 aromatic rings. The van der Waals surface area contributed by atoms with Gasteiger partial charge in [-0.3, -0.25) is 9.59 Å². The van der Waals surface area contributed by atoms with Crippen LogP contribution in [0.1, 0.15) is 40.2 Å². The van der Waals surface area contributed by atoms with Gasteiger partial charge in [-0.15, -0.1) is 0 Å². The van der Waals surface area contributed by atoms with Crippen LogP contribution in [0.5, 0.6) is 5.75 Å². The molecule has 2 fully saturated rings. The van der Waals surface area contributed by atoms with Gasteiger partial charge in [0.15, 0.2) is 17.7 Å². The summed E-state index contributed by atoms with van der Waals surface area (Å²) < 4.78 is 40.4. The summed E-state index contributed by atoms with van der Waals surface area (Å²) in [4.78, 5) is 34.7. The molecule has 1 saturated carbocycles. The fourth-order valence-electron chi connectivity index (χ4n) is 4.21. The van der Waals surface area contributed by atoms with Crippen molar-refractivity contribution in [2.75, 3.05) is 37.9 Å². The second-order valence-electron chi connectivity index (χ2n) is 9.43. The van der Waals surface area contributed by atoms with E-state index in [1.165, 1.54) is 35.5 Å². The molecule has 38 heavy (non-hydrogen) atoms. The van der Waals surface area contributed by atoms with Crippen molar-refractivity contribution in [3.8, 4) is 17.0 Å². The molecule has 1 atom stereocenters. The number of halogens is 2. The molecule has 1 unspecified atom stereocenters. The third-order valence-corrected chi connectivity index (χ3v) is 6.68. The van der Waals surface area contributed by atoms with Crippen molar-refractivity contribution in [1.29, 1.82) is 0 Å². The molecule has 0 spiro atoms. The molecular formula is C27H27F2N5O4. The molecule has 0 bridgehead atoms. The normalized spacial score (nSPS) is 16.2. The van der Waals surface area contributed by atoms with E-state index in [0.29, 0.717) is 23.7 Å². The monoisotopic (exact) mass is 523 g/mol. The van der Waals surface area contributed by atoms with Crippen molar-refractivity contribution in [2.24, 2.45) is 0 Å². The largest absolute Gasteiger partial charge is 0.486 e. The van der Waals surface area contributed by atoms with E-state index >= 15 is 0 Å². The lowest BCUT2D eigenvalue weighted by Crippen LogP contribution is -2.34. The highest BCUT2D eigenvalue weighted by Gasteiger charge is 2.33. The zero-order valence-corrected chi connectivity index (χ0v) is 21.0. The number of nitrogens with two attached hydrogens (primary N) is 1. The molecule has 198 valence electrons. The molecule has 0 radical (unpaired) electrons. The molecule has 1 aliphatic heterocycles. The van der Waals surface area contributed by atoms with Gasteiger partial charge in [0.2, 0.25) is 0 Å². The van der Waals surface area contributed by atoms with E-state index in [2.05, 4.69) is 15.3 Å². The average molecular weight is 524 g/mol. The molecule has 1 saturated heterocycles. The standard InChI is InChI=1S/C27H27F2N5O4/c1-14-17(23-24(25(30)32-13-31-23)37-10-9-34(2)27(36)21-12-38-21)7-8-19(28)22(14)33-26(35)18-6-5-16(11-20(18)29)15-3-4-15/h5-8,11,13,15,21H,3-4,9-10,12H2,1-2H3,(H,33,35)(H2,30,31,32). The first kappa shape index (κ1) is 25.5. The lowest BCUT2D eigenvalue weighted by molar-refractivity contribution is -0.131. The molecule has 1 aromatic heterocycles. The molecule has 5 rings (SSSR count). The van der Waals surface area contributed by atoms with Crippen molar-refractivity contribution < 1.29 is 27.8 Å². The van der Waals surface area contributed by atoms with Crippen LogP contribution in [0.4, 0.5) is 20.3 Å². The van der Waals surface area contributed by atoms with Crippen LogP contribution in [-0.4, -0.2) is 59.6 Å². The maximum Gasteiger partial charge on any atom is 0.258 e. The van der Waals surface area contributed by atoms with Gasteiger partial charge in [-0.2, -0.15) is 0 Å². The smallest absolute Gasteiger partial charge is 0.258 e. The number of rotatable bonds is 9. The number of likely N-dealkylation sites (N-methyl/N-ethyl adjacent to an activating group) is 1. The Balaban J connectivity index is 1.37. The Bertz CT molecular complexity index is 1410. The van der Waals surface area contributed by atoms with Gasteiger partial charge in [0.25, 0.3) is 11.8 Å². The molecule has 3 N–H and O–H groups in total. The fourth-order valence-corrected chi connectivity index (χ4v) is 4.21. The highest BCUT2D eigenvalue weighted by atomic mass is 19.1. The lowest BCUT2D eigenvalue weighted by Gasteiger charge is -2.19. The number of carbonyl (C=O) groups is 2. The first-order valence-corrected chi connectivity index (χ1v) is 12.2. The van der Waals surface area contributed by atoms with E-state index in [1.54, 1.807) is 20.0 Å². The van der Waals surface area contributed by atoms with Crippen molar-refractivity contribution in [1.82, 2.24) is 14.9 Å². The second kappa shape index (κ2) is 10.3. The lowest BCUT2D eigenvalue weighted by atomic mass is 10.0. The number of nitrogen functional groups attached to an aromatic ring is 1. The Labute approximate surface area is 218 Å². The molecule has 11 heteroatoms. The number of hydrogen-bond acceptors (Lipinski definition) is 7. The highest BCUT2D eigenvalue weighted by molar-refractivity contribution is 6.05. The Morgan fingerprint density at radius 2 is 1.95 bits per heavy atom. The minimum atomic E-state index is -0.769. The van der Waals surface area contributed by atoms with E-state index in [0.717, 1.165) is 18.4 Å². The van der Waals surface area contributed by atoms with Crippen LogP contribution in [0.15, 0.2) is 36.7 Å². The summed E-state index contributed by atoms with van der Waals surface area (Å²) in [5.74, 6) is -1.71. The fraction of sp³-hybridized carbons (Fsp3) is 0.333. The minimum absolute atomic E-state index is 0.0571. The zero-order chi connectivity index (χ0) is 27.0. The number of nitrogens with one attached hydrogen (secondary N) is 1. The van der Waals surface area contributed by atoms with Crippen molar-refractivity contribution >= 4 is 23.3 Å². The second-order valence-corrected chi connectivity index (χ2v) is 9.43. The number of benzene rings is 2. The molecule has 2 amide bonds. The summed E-state index contributed by atoms with van der Waals surface area (Å²) in [6.07, 6.45) is 2.85. The molecular weight excluding hydrogens is 496 g/mol. The van der Waals surface area contributed by atoms with Crippen molar-refractivity contribution in [3.63, 3.8) is 0 Å². The van der Waals surface area contributed by atoms with Gasteiger partial charge < -0.3 is 25.4 Å². The first-order chi connectivity index (χ1) is 18.2. The van der Waals surface area contributed by atoms with Gasteiger partial charge in [-0.1, -0.05) is 6.07 Å². The Morgan fingerprint density at radius 3 is 2.63 bits per heavy atom. The topological polar surface area (TPSA) is 123 Å². The van der Waals surface area contributed by atoms with E-state index in [1.807, 2.05) is 0 Å². The zero-order valence-electron chi connectivity index (χ0n) is 21.0. The number of anilines is 2. The number of amides is 2. The number of carbonyl (C=O) groups excluding carboxylic acids is 2. The molecule has 2 aliphatic rings. The highest BCUT2D eigenvalue weighted by Crippen LogP contribution is 2.41. The predicted octanol–water partition coefficient (Wildman–Crippen LogP) is 3.68. The Morgan fingerprint density at radius 1 is 1.18 bits per heavy atom. The Kier molecular flexibility index (Phi) is 6.94. The minimum Gasteiger partial charge on any atom is -0.486 e. The summed E-state index contributed by atoms with van der Waals surface area (Å²) in [7, 11) is 1.64. The van der Waals surface area contributed by atoms with Gasteiger partial charge in [-0.05, 0) is 61.1 Å². The maximum atomic E-state index is 14.9. The van der Waals surface area contributed by atoms with Crippen LogP contribution < -0.4 is 15.8 Å². The summed E-state index contributed by atoms with van der Waals surface area (Å²) in [5.41, 5.74) is 7.69. The van der Waals surface area contributed by atoms with Gasteiger partial charge in [-0.25, -0.2) is 18.7 Å². The van der Waals surface area contributed by atoms with Gasteiger partial charge in [0, 0.05) is 12.6 Å². The van der Waals surface area contributed by atoms with Crippen molar-refractivity contribution in [3.05, 3.63) is 65.0 Å². The third-order valence-electron chi connectivity index (χ3n) is 6.68. The van der Waals surface area contributed by atoms with Gasteiger partial charge in [0.1, 0.15) is 30.3 Å². The van der Waals surface area contributed by atoms with Crippen LogP contribution in [-0.2, 0) is 9.53 Å². The van der Waals surface area contributed by atoms with Crippen LogP contribution in [0, 0.1) is 18.6 Å². The van der Waals surface area contributed by atoms with E-state index in [9.17, 15) is 18.4 Å². The molecule has 1 aliphatic carbocycles. The molecule has 2 heterocycles. The summed E-state index contributed by atoms with van der Waals surface area (Å²) in [5, 5.41) is 2.51. The molecule has 9 nitrogen and oxygen atoms in total. The number of ether oxygens (including phenoxy) is 2. The van der Waals surface area contributed by atoms with Gasteiger partial charge in [0.05, 0.1) is 24.4 Å². The van der Waals surface area contributed by atoms with Crippen molar-refractivity contribution in [2.45, 2.75) is 31.8 Å². The van der Waals surface area contributed by atoms with E-state index < -0.39 is 23.6 Å². The van der Waals surface area contributed by atoms with E-state index in [-0.39, 0.29) is 47.6 Å². The van der Waals surface area contributed by atoms with Gasteiger partial charge >= 0.3 is 0 Å². The summed E-state index contributed by atoms with van der Waals surface area (Å²) in [6.45, 7) is 2.38. The SMILES string of the molecule is Cc1c(-c2ncnc(N)c2OCCN(C)C(=O)C2CO2)ccc(F)c1NC(=O)c1ccc(C2CC2)cc1F. The number of nitrogens with zero attached hydrogens (tertiary/aromatic N) is 3. The summed E-state index contributed by atoms with van der Waals surface area (Å²) >= 11 is 0. The van der Waals surface area contributed by atoms with Crippen LogP contribution in [0.3, 0.4) is 0 Å². The third kappa shape index (κ3) is 5.28. The summed E-state index contributed by atoms with van der Waals surface area (Å²) in [6, 6.07) is 7.17. The molecule has 2 aromatic carbocycles. The van der Waals surface area contributed by atoms with Crippen LogP contribution >= 0.6 is 0 Å². The first-order valence-electron chi connectivity index (χ1n) is 12.2. The van der Waals surface area contributed by atoms with E-state index in [4.69, 9.17) is 15.2 Å². The number of hydrogen-bond donors (Lipinski definition) is 2. The number of epoxide rings is 1. The Hall–Kier alpha value is -4.12. The maximum absolute atomic E-state index is 14.9. The quantitative estimate of drug-likeness (QED) is 0.410. The van der Waals surface area contributed by atoms with Crippen LogP contribution in [0.25, 0.3) is 11.3 Å². The average Bonchev–Trinajstić information content (AvgIpc) is 3.80.